The summed E-state index contributed by atoms with van der Waals surface area (Å²) in [5, 5.41) is 4.12. The minimum absolute atomic E-state index is 0.0867. The number of carbonyl (C=O) groups excluding carboxylic acids is 3. The fourth-order valence-corrected chi connectivity index (χ4v) is 5.10. The lowest BCUT2D eigenvalue weighted by Crippen LogP contribution is -2.69. The summed E-state index contributed by atoms with van der Waals surface area (Å²) >= 11 is 0. The van der Waals surface area contributed by atoms with Crippen LogP contribution in [-0.4, -0.2) is 50.5 Å². The third kappa shape index (κ3) is 5.29. The van der Waals surface area contributed by atoms with E-state index in [1.807, 2.05) is 13.0 Å². The van der Waals surface area contributed by atoms with Gasteiger partial charge in [-0.3, -0.25) is 24.0 Å². The fourth-order valence-electron chi connectivity index (χ4n) is 5.10. The number of amides is 3. The first-order valence-corrected chi connectivity index (χ1v) is 12.6. The number of likely N-dealkylation sites (N-methyl/N-ethyl adjacent to an activating group) is 1. The predicted molar refractivity (Wildman–Crippen MR) is 142 cm³/mol. The number of anilines is 2. The molecule has 1 aromatic carbocycles. The first-order valence-electron chi connectivity index (χ1n) is 12.6. The molecule has 2 N–H and O–H groups in total. The Kier molecular flexibility index (Phi) is 7.61. The molecule has 3 aromatic rings. The second kappa shape index (κ2) is 10.7. The van der Waals surface area contributed by atoms with Crippen molar-refractivity contribution < 1.29 is 18.8 Å². The summed E-state index contributed by atoms with van der Waals surface area (Å²) < 4.78 is 16.3. The van der Waals surface area contributed by atoms with Crippen LogP contribution in [0.25, 0.3) is 0 Å². The van der Waals surface area contributed by atoms with Gasteiger partial charge in [0.1, 0.15) is 17.7 Å². The van der Waals surface area contributed by atoms with Crippen LogP contribution in [0.4, 0.5) is 15.9 Å². The van der Waals surface area contributed by atoms with Crippen molar-refractivity contribution in [3.63, 3.8) is 0 Å². The highest BCUT2D eigenvalue weighted by Gasteiger charge is 2.55. The van der Waals surface area contributed by atoms with E-state index in [1.165, 1.54) is 11.0 Å². The number of hydrogen-bond acceptors (Lipinski definition) is 6. The number of β-lactam (4-membered cyclic amide) rings is 1. The molecule has 1 saturated heterocycles. The highest BCUT2D eigenvalue weighted by molar-refractivity contribution is 6.12. The lowest BCUT2D eigenvalue weighted by Gasteiger charge is -2.46. The highest BCUT2D eigenvalue weighted by atomic mass is 19.1. The first kappa shape index (κ1) is 27.0. The molecule has 0 radical (unpaired) electrons. The number of rotatable bonds is 8. The van der Waals surface area contributed by atoms with Gasteiger partial charge in [-0.05, 0) is 67.5 Å². The molecule has 1 aliphatic rings. The molecule has 4 rings (SSSR count). The van der Waals surface area contributed by atoms with Crippen LogP contribution in [0, 0.1) is 25.6 Å². The van der Waals surface area contributed by atoms with Gasteiger partial charge in [0.05, 0.1) is 17.8 Å². The van der Waals surface area contributed by atoms with E-state index in [0.717, 1.165) is 16.0 Å². The van der Waals surface area contributed by atoms with Gasteiger partial charge in [0, 0.05) is 32.4 Å². The number of pyridine rings is 1. The molecule has 38 heavy (non-hydrogen) atoms. The number of aromatic nitrogens is 3. The van der Waals surface area contributed by atoms with Gasteiger partial charge in [0.25, 0.3) is 5.91 Å². The van der Waals surface area contributed by atoms with E-state index < -0.39 is 35.6 Å². The number of hydrogen-bond donors (Lipinski definition) is 1. The topological polar surface area (TPSA) is 114 Å². The number of nitrogens with two attached hydrogens (primary N) is 1. The summed E-state index contributed by atoms with van der Waals surface area (Å²) in [7, 11) is 3.32. The number of carbonyl (C=O) groups is 3. The van der Waals surface area contributed by atoms with Crippen LogP contribution >= 0.6 is 0 Å². The van der Waals surface area contributed by atoms with Crippen LogP contribution < -0.4 is 10.6 Å². The van der Waals surface area contributed by atoms with E-state index in [0.29, 0.717) is 29.2 Å². The Labute approximate surface area is 221 Å². The molecule has 2 aromatic heterocycles. The van der Waals surface area contributed by atoms with Crippen LogP contribution in [0.15, 0.2) is 42.7 Å². The van der Waals surface area contributed by atoms with Gasteiger partial charge in [0.15, 0.2) is 0 Å². The Morgan fingerprint density at radius 3 is 2.55 bits per heavy atom. The summed E-state index contributed by atoms with van der Waals surface area (Å²) in [4.78, 5) is 47.2. The Bertz CT molecular complexity index is 1370. The van der Waals surface area contributed by atoms with Crippen molar-refractivity contribution in [1.82, 2.24) is 19.7 Å². The number of imide groups is 1. The Morgan fingerprint density at radius 2 is 1.95 bits per heavy atom. The second-order valence-electron chi connectivity index (χ2n) is 10.0. The van der Waals surface area contributed by atoms with Crippen LogP contribution in [-0.2, 0) is 27.9 Å². The largest absolute Gasteiger partial charge is 0.384 e. The molecule has 0 aliphatic carbocycles. The SMILES string of the molecule is CC[C@@H](CC(=O)N1C(=O)[C@H](Cc2cc(C)nc(N)c2)[C@H]1C(=O)N(C)c1cnn(C)c1)c1ccc(C)cc1F. The smallest absolute Gasteiger partial charge is 0.250 e. The van der Waals surface area contributed by atoms with E-state index in [9.17, 15) is 18.8 Å². The lowest BCUT2D eigenvalue weighted by atomic mass is 9.80. The molecule has 10 heteroatoms. The van der Waals surface area contributed by atoms with Crippen molar-refractivity contribution >= 4 is 29.2 Å². The van der Waals surface area contributed by atoms with Crippen molar-refractivity contribution in [3.05, 3.63) is 70.9 Å². The maximum atomic E-state index is 14.7. The Morgan fingerprint density at radius 1 is 1.21 bits per heavy atom. The molecule has 200 valence electrons. The maximum Gasteiger partial charge on any atom is 0.250 e. The first-order chi connectivity index (χ1) is 18.0. The van der Waals surface area contributed by atoms with E-state index in [1.54, 1.807) is 63.2 Å². The van der Waals surface area contributed by atoms with E-state index >= 15 is 0 Å². The summed E-state index contributed by atoms with van der Waals surface area (Å²) in [6.45, 7) is 5.46. The van der Waals surface area contributed by atoms with Crippen molar-refractivity contribution in [2.45, 2.75) is 52.0 Å². The maximum absolute atomic E-state index is 14.7. The molecule has 9 nitrogen and oxygen atoms in total. The van der Waals surface area contributed by atoms with Gasteiger partial charge in [-0.2, -0.15) is 5.10 Å². The predicted octanol–water partition coefficient (Wildman–Crippen LogP) is 3.30. The third-order valence-electron chi connectivity index (χ3n) is 7.14. The molecule has 0 unspecified atom stereocenters. The second-order valence-corrected chi connectivity index (χ2v) is 10.0. The van der Waals surface area contributed by atoms with Gasteiger partial charge >= 0.3 is 0 Å². The van der Waals surface area contributed by atoms with Crippen LogP contribution in [0.1, 0.15) is 48.1 Å². The van der Waals surface area contributed by atoms with E-state index in [-0.39, 0.29) is 18.7 Å². The highest BCUT2D eigenvalue weighted by Crippen LogP contribution is 2.36. The molecule has 1 fully saturated rings. The Hall–Kier alpha value is -4.08. The summed E-state index contributed by atoms with van der Waals surface area (Å²) in [6, 6.07) is 7.40. The Balaban J connectivity index is 1.62. The molecule has 1 aliphatic heterocycles. The number of benzene rings is 1. The monoisotopic (exact) mass is 520 g/mol. The van der Waals surface area contributed by atoms with Crippen molar-refractivity contribution in [1.29, 1.82) is 0 Å². The van der Waals surface area contributed by atoms with Gasteiger partial charge in [0.2, 0.25) is 11.8 Å². The molecular formula is C28H33FN6O3. The van der Waals surface area contributed by atoms with Crippen LogP contribution in [0.2, 0.25) is 0 Å². The minimum atomic E-state index is -1.00. The molecule has 3 heterocycles. The molecular weight excluding hydrogens is 487 g/mol. The molecule has 0 spiro atoms. The quantitative estimate of drug-likeness (QED) is 0.456. The minimum Gasteiger partial charge on any atom is -0.384 e. The summed E-state index contributed by atoms with van der Waals surface area (Å²) in [5.41, 5.74) is 9.10. The van der Waals surface area contributed by atoms with E-state index in [4.69, 9.17) is 5.73 Å². The summed E-state index contributed by atoms with van der Waals surface area (Å²) in [5.74, 6) is -2.56. The number of aryl methyl sites for hydroxylation is 3. The van der Waals surface area contributed by atoms with Crippen molar-refractivity contribution in [2.75, 3.05) is 17.7 Å². The number of likely N-dealkylation sites (tertiary alicyclic amines) is 1. The molecule has 0 bridgehead atoms. The van der Waals surface area contributed by atoms with Gasteiger partial charge in [-0.1, -0.05) is 19.1 Å². The third-order valence-corrected chi connectivity index (χ3v) is 7.14. The normalized spacial score (nSPS) is 17.7. The van der Waals surface area contributed by atoms with Gasteiger partial charge in [-0.15, -0.1) is 0 Å². The lowest BCUT2D eigenvalue weighted by molar-refractivity contribution is -0.170. The number of nitrogens with zero attached hydrogens (tertiary/aromatic N) is 5. The molecule has 3 atom stereocenters. The van der Waals surface area contributed by atoms with Gasteiger partial charge in [-0.25, -0.2) is 9.37 Å². The van der Waals surface area contributed by atoms with Crippen molar-refractivity contribution in [2.24, 2.45) is 13.0 Å². The molecule has 0 saturated carbocycles. The van der Waals surface area contributed by atoms with Crippen LogP contribution in [0.3, 0.4) is 0 Å². The van der Waals surface area contributed by atoms with Gasteiger partial charge < -0.3 is 10.6 Å². The zero-order valence-corrected chi connectivity index (χ0v) is 22.3. The summed E-state index contributed by atoms with van der Waals surface area (Å²) in [6.07, 6.45) is 3.87. The number of nitrogen functional groups attached to an aromatic ring is 1. The van der Waals surface area contributed by atoms with E-state index in [2.05, 4.69) is 10.1 Å². The zero-order chi connectivity index (χ0) is 27.7. The van der Waals surface area contributed by atoms with Crippen molar-refractivity contribution in [3.8, 4) is 0 Å². The zero-order valence-electron chi connectivity index (χ0n) is 22.3. The fraction of sp³-hybridized carbons (Fsp3) is 0.393. The van der Waals surface area contributed by atoms with Crippen LogP contribution in [0.5, 0.6) is 0 Å². The standard InChI is InChI=1S/C28H33FN6O3/c1-6-19(21-8-7-16(2)9-23(21)29)13-25(36)35-26(28(38)34(5)20-14-31-33(4)15-20)22(27(35)37)11-18-10-17(3)32-24(30)12-18/h7-10,12,14-15,19,22,26H,6,11,13H2,1-5H3,(H2,30,32)/t19-,22+,26-/m0/s1. The molecule has 3 amide bonds. The average molecular weight is 521 g/mol. The number of halogens is 1. The average Bonchev–Trinajstić information content (AvgIpc) is 3.29.